The predicted molar refractivity (Wildman–Crippen MR) is 291 cm³/mol. The van der Waals surface area contributed by atoms with Crippen molar-refractivity contribution in [2.24, 2.45) is 0 Å². The lowest BCUT2D eigenvalue weighted by atomic mass is 9.97. The normalized spacial score (nSPS) is 25.7. The molecular weight excluding hydrogens is 931 g/mol. The highest BCUT2D eigenvalue weighted by atomic mass is 16.7. The van der Waals surface area contributed by atoms with Gasteiger partial charge in [0.05, 0.1) is 32.0 Å². The number of nitrogens with one attached hydrogen (secondary N) is 1. The summed E-state index contributed by atoms with van der Waals surface area (Å²) in [4.78, 5) is 13.2. The summed E-state index contributed by atoms with van der Waals surface area (Å²) in [5.41, 5.74) is 0. The molecule has 2 heterocycles. The minimum Gasteiger partial charge on any atom is -0.394 e. The summed E-state index contributed by atoms with van der Waals surface area (Å²) in [7, 11) is 0. The Balaban J connectivity index is 1.60. The summed E-state index contributed by atoms with van der Waals surface area (Å²) in [5, 5.41) is 86.8. The van der Waals surface area contributed by atoms with Gasteiger partial charge in [-0.3, -0.25) is 4.79 Å². The van der Waals surface area contributed by atoms with Crippen molar-refractivity contribution in [3.05, 3.63) is 48.6 Å². The third-order valence-corrected chi connectivity index (χ3v) is 14.3. The smallest absolute Gasteiger partial charge is 0.220 e. The van der Waals surface area contributed by atoms with E-state index in [0.29, 0.717) is 12.8 Å². The topological polar surface area (TPSA) is 228 Å². The third kappa shape index (κ3) is 31.1. The van der Waals surface area contributed by atoms with Gasteiger partial charge in [0.2, 0.25) is 5.91 Å². The molecule has 0 aromatic carbocycles. The number of carbonyl (C=O) groups excluding carboxylic acids is 1. The molecule has 2 saturated heterocycles. The molecule has 12 unspecified atom stereocenters. The van der Waals surface area contributed by atoms with Crippen LogP contribution in [0.25, 0.3) is 0 Å². The molecule has 14 nitrogen and oxygen atoms in total. The van der Waals surface area contributed by atoms with Crippen molar-refractivity contribution in [1.82, 2.24) is 5.32 Å². The average Bonchev–Trinajstić information content (AvgIpc) is 3.39. The molecule has 1 amide bonds. The minimum absolute atomic E-state index is 0.209. The Hall–Kier alpha value is -2.05. The Labute approximate surface area is 442 Å². The van der Waals surface area contributed by atoms with Crippen molar-refractivity contribution >= 4 is 5.91 Å². The van der Waals surface area contributed by atoms with E-state index in [0.717, 1.165) is 77.0 Å². The summed E-state index contributed by atoms with van der Waals surface area (Å²) < 4.78 is 22.7. The second-order valence-corrected chi connectivity index (χ2v) is 20.7. The predicted octanol–water partition coefficient (Wildman–Crippen LogP) is 9.61. The SMILES string of the molecule is CC/C=C\C/C=C\C/C=C\C/C=C\CCCCCCCCCCCCCCCCCCCCC(=O)NC(COC1OC(CO)C(OC2OC(CO)C(O)C(O)C2O)C(O)C1O)C(O)CCCCCCCCCC. The van der Waals surface area contributed by atoms with Gasteiger partial charge in [-0.25, -0.2) is 0 Å². The van der Waals surface area contributed by atoms with E-state index >= 15 is 0 Å². The quantitative estimate of drug-likeness (QED) is 0.0205. The van der Waals surface area contributed by atoms with Crippen LogP contribution in [0.4, 0.5) is 0 Å². The van der Waals surface area contributed by atoms with E-state index < -0.39 is 86.8 Å². The van der Waals surface area contributed by atoms with Gasteiger partial charge in [-0.1, -0.05) is 217 Å². The molecule has 0 aliphatic carbocycles. The van der Waals surface area contributed by atoms with Crippen LogP contribution >= 0.6 is 0 Å². The zero-order valence-electron chi connectivity index (χ0n) is 45.6. The van der Waals surface area contributed by atoms with Crippen LogP contribution in [0.3, 0.4) is 0 Å². The van der Waals surface area contributed by atoms with Gasteiger partial charge in [-0.15, -0.1) is 0 Å². The van der Waals surface area contributed by atoms with E-state index in [-0.39, 0.29) is 12.5 Å². The third-order valence-electron chi connectivity index (χ3n) is 14.3. The first kappa shape index (κ1) is 67.1. The van der Waals surface area contributed by atoms with Crippen LogP contribution in [0.2, 0.25) is 0 Å². The second-order valence-electron chi connectivity index (χ2n) is 20.7. The van der Waals surface area contributed by atoms with Gasteiger partial charge < -0.3 is 65.1 Å². The summed E-state index contributed by atoms with van der Waals surface area (Å²) in [5.74, 6) is -0.209. The van der Waals surface area contributed by atoms with Crippen LogP contribution in [0.15, 0.2) is 48.6 Å². The van der Waals surface area contributed by atoms with Crippen LogP contribution in [0.5, 0.6) is 0 Å². The first-order valence-electron chi connectivity index (χ1n) is 29.4. The molecule has 73 heavy (non-hydrogen) atoms. The van der Waals surface area contributed by atoms with Crippen LogP contribution in [0, 0.1) is 0 Å². The molecule has 12 atom stereocenters. The van der Waals surface area contributed by atoms with Crippen LogP contribution in [0.1, 0.15) is 226 Å². The Morgan fingerprint density at radius 1 is 0.507 bits per heavy atom. The van der Waals surface area contributed by atoms with Crippen LogP contribution in [-0.4, -0.2) is 140 Å². The van der Waals surface area contributed by atoms with Gasteiger partial charge >= 0.3 is 0 Å². The fourth-order valence-electron chi connectivity index (χ4n) is 9.58. The maximum atomic E-state index is 13.2. The van der Waals surface area contributed by atoms with E-state index in [1.54, 1.807) is 0 Å². The molecule has 2 rings (SSSR count). The Kier molecular flexibility index (Phi) is 41.4. The number of rotatable bonds is 46. The lowest BCUT2D eigenvalue weighted by Gasteiger charge is -2.46. The number of carbonyl (C=O) groups is 1. The number of amides is 1. The van der Waals surface area contributed by atoms with Gasteiger partial charge in [0.25, 0.3) is 0 Å². The molecule has 0 bridgehead atoms. The van der Waals surface area contributed by atoms with Crippen molar-refractivity contribution in [2.75, 3.05) is 19.8 Å². The lowest BCUT2D eigenvalue weighted by molar-refractivity contribution is -0.359. The van der Waals surface area contributed by atoms with Crippen molar-refractivity contribution in [3.63, 3.8) is 0 Å². The number of hydrogen-bond donors (Lipinski definition) is 9. The number of aliphatic hydroxyl groups excluding tert-OH is 8. The van der Waals surface area contributed by atoms with Crippen LogP contribution in [-0.2, 0) is 23.7 Å². The molecule has 0 aromatic heterocycles. The number of hydrogen-bond acceptors (Lipinski definition) is 13. The molecular formula is C59H107NO13. The van der Waals surface area contributed by atoms with E-state index in [1.165, 1.54) is 122 Å². The monoisotopic (exact) mass is 1040 g/mol. The van der Waals surface area contributed by atoms with Crippen molar-refractivity contribution in [1.29, 1.82) is 0 Å². The molecule has 0 saturated carbocycles. The molecule has 9 N–H and O–H groups in total. The molecule has 426 valence electrons. The summed E-state index contributed by atoms with van der Waals surface area (Å²) in [6.07, 6.45) is 38.7. The highest BCUT2D eigenvalue weighted by molar-refractivity contribution is 5.76. The zero-order valence-corrected chi connectivity index (χ0v) is 45.6. The molecule has 2 aliphatic rings. The van der Waals surface area contributed by atoms with Gasteiger partial charge in [-0.2, -0.15) is 0 Å². The fraction of sp³-hybridized carbons (Fsp3) is 0.847. The largest absolute Gasteiger partial charge is 0.394 e. The maximum Gasteiger partial charge on any atom is 0.220 e. The van der Waals surface area contributed by atoms with E-state index in [1.807, 2.05) is 0 Å². The molecule has 2 aliphatic heterocycles. The first-order valence-corrected chi connectivity index (χ1v) is 29.4. The Morgan fingerprint density at radius 3 is 1.45 bits per heavy atom. The van der Waals surface area contributed by atoms with Gasteiger partial charge in [-0.05, 0) is 51.4 Å². The molecule has 0 spiro atoms. The summed E-state index contributed by atoms with van der Waals surface area (Å²) in [6.45, 7) is 2.70. The Morgan fingerprint density at radius 2 is 0.945 bits per heavy atom. The number of unbranched alkanes of at least 4 members (excludes halogenated alkanes) is 25. The molecule has 14 heteroatoms. The van der Waals surface area contributed by atoms with E-state index in [2.05, 4.69) is 67.8 Å². The van der Waals surface area contributed by atoms with E-state index in [4.69, 9.17) is 18.9 Å². The molecule has 2 fully saturated rings. The van der Waals surface area contributed by atoms with Gasteiger partial charge in [0, 0.05) is 6.42 Å². The minimum atomic E-state index is -1.78. The highest BCUT2D eigenvalue weighted by Crippen LogP contribution is 2.30. The molecule has 0 aromatic rings. The Bertz CT molecular complexity index is 1410. The van der Waals surface area contributed by atoms with Gasteiger partial charge in [0.15, 0.2) is 12.6 Å². The first-order chi connectivity index (χ1) is 35.6. The summed E-state index contributed by atoms with van der Waals surface area (Å²) >= 11 is 0. The standard InChI is InChI=1S/C59H107NO13/c1-3-5-7-9-11-13-14-15-16-17-18-19-20-21-22-23-24-25-26-27-28-29-30-31-32-33-34-35-37-39-41-43-51(64)60-47(48(63)42-40-38-36-12-10-8-6-4-2)46-70-58-56(69)54(67)57(50(45-62)72-58)73-59-55(68)53(66)52(65)49(44-61)71-59/h5,7,11,13,15-16,18-19,47-50,52-59,61-63,65-69H,3-4,6,8-10,12,14,17,20-46H2,1-2H3,(H,60,64)/b7-5-,13-11-,16-15-,19-18-. The lowest BCUT2D eigenvalue weighted by Crippen LogP contribution is -2.65. The highest BCUT2D eigenvalue weighted by Gasteiger charge is 2.51. The second kappa shape index (κ2) is 45.0. The van der Waals surface area contributed by atoms with Crippen LogP contribution < -0.4 is 5.32 Å². The summed E-state index contributed by atoms with van der Waals surface area (Å²) in [6, 6.07) is -0.825. The van der Waals surface area contributed by atoms with Gasteiger partial charge in [0.1, 0.15) is 48.8 Å². The average molecular weight is 1040 g/mol. The number of ether oxygens (including phenoxy) is 4. The van der Waals surface area contributed by atoms with Crippen molar-refractivity contribution in [2.45, 2.75) is 299 Å². The van der Waals surface area contributed by atoms with Crippen molar-refractivity contribution in [3.8, 4) is 0 Å². The number of allylic oxidation sites excluding steroid dienone is 8. The fourth-order valence-corrected chi connectivity index (χ4v) is 9.58. The van der Waals surface area contributed by atoms with E-state index in [9.17, 15) is 45.6 Å². The molecule has 0 radical (unpaired) electrons. The number of aliphatic hydroxyl groups is 8. The zero-order chi connectivity index (χ0) is 53.2. The van der Waals surface area contributed by atoms with Crippen molar-refractivity contribution < 1.29 is 64.6 Å². The maximum absolute atomic E-state index is 13.2.